The van der Waals surface area contributed by atoms with Crippen LogP contribution in [0, 0.1) is 10.1 Å². The van der Waals surface area contributed by atoms with Crippen molar-refractivity contribution in [2.24, 2.45) is 5.16 Å². The van der Waals surface area contributed by atoms with Gasteiger partial charge in [0.25, 0.3) is 5.69 Å². The van der Waals surface area contributed by atoms with Crippen LogP contribution in [0.5, 0.6) is 0 Å². The summed E-state index contributed by atoms with van der Waals surface area (Å²) in [6, 6.07) is 15.2. The molecule has 0 saturated heterocycles. The molecule has 1 aliphatic heterocycles. The molecule has 2 aromatic carbocycles. The lowest BCUT2D eigenvalue weighted by atomic mass is 9.99. The van der Waals surface area contributed by atoms with Crippen molar-refractivity contribution in [1.82, 2.24) is 0 Å². The molecule has 0 bridgehead atoms. The Morgan fingerprint density at radius 2 is 1.73 bits per heavy atom. The van der Waals surface area contributed by atoms with E-state index in [1.54, 1.807) is 18.2 Å². The van der Waals surface area contributed by atoms with Crippen LogP contribution in [-0.4, -0.2) is 16.6 Å². The molecular weight excluding hydrogens is 284 g/mol. The van der Waals surface area contributed by atoms with Crippen LogP contribution in [0.1, 0.15) is 11.1 Å². The van der Waals surface area contributed by atoms with Gasteiger partial charge < -0.3 is 4.84 Å². The predicted octanol–water partition coefficient (Wildman–Crippen LogP) is 2.94. The number of carbonyl (C=O) groups is 1. The standard InChI is InChI=1S/C16H10N2O4/c19-16-13(10-11-6-2-1-3-7-11)15(17-22-16)12-8-4-5-9-14(12)18(20)21/h1-10H/b13-10-. The molecule has 0 N–H and O–H groups in total. The Morgan fingerprint density at radius 1 is 1.05 bits per heavy atom. The first kappa shape index (κ1) is 13.7. The number of oxime groups is 1. The van der Waals surface area contributed by atoms with E-state index in [1.807, 2.05) is 30.3 Å². The fourth-order valence-corrected chi connectivity index (χ4v) is 2.15. The van der Waals surface area contributed by atoms with Crippen LogP contribution in [0.25, 0.3) is 6.08 Å². The zero-order valence-corrected chi connectivity index (χ0v) is 11.3. The lowest BCUT2D eigenvalue weighted by Gasteiger charge is -2.02. The van der Waals surface area contributed by atoms with E-state index in [4.69, 9.17) is 4.84 Å². The first-order valence-corrected chi connectivity index (χ1v) is 6.47. The molecule has 0 atom stereocenters. The third-order valence-electron chi connectivity index (χ3n) is 3.16. The largest absolute Gasteiger partial charge is 0.368 e. The number of rotatable bonds is 3. The van der Waals surface area contributed by atoms with E-state index >= 15 is 0 Å². The minimum absolute atomic E-state index is 0.126. The average molecular weight is 294 g/mol. The summed E-state index contributed by atoms with van der Waals surface area (Å²) in [6.45, 7) is 0. The van der Waals surface area contributed by atoms with Crippen molar-refractivity contribution >= 4 is 23.4 Å². The maximum Gasteiger partial charge on any atom is 0.368 e. The molecule has 22 heavy (non-hydrogen) atoms. The average Bonchev–Trinajstić information content (AvgIpc) is 2.89. The van der Waals surface area contributed by atoms with Gasteiger partial charge in [-0.3, -0.25) is 10.1 Å². The highest BCUT2D eigenvalue weighted by Gasteiger charge is 2.31. The molecule has 0 fully saturated rings. The maximum atomic E-state index is 11.9. The SMILES string of the molecule is O=C1ON=C(c2ccccc2[N+](=O)[O-])/C1=C/c1ccccc1. The summed E-state index contributed by atoms with van der Waals surface area (Å²) in [4.78, 5) is 27.2. The van der Waals surface area contributed by atoms with Crippen molar-refractivity contribution in [3.63, 3.8) is 0 Å². The van der Waals surface area contributed by atoms with Crippen molar-refractivity contribution in [3.8, 4) is 0 Å². The smallest absolute Gasteiger partial charge is 0.312 e. The van der Waals surface area contributed by atoms with E-state index in [0.717, 1.165) is 5.56 Å². The van der Waals surface area contributed by atoms with E-state index in [0.29, 0.717) is 0 Å². The molecule has 0 aliphatic carbocycles. The van der Waals surface area contributed by atoms with Crippen molar-refractivity contribution in [2.45, 2.75) is 0 Å². The molecule has 0 unspecified atom stereocenters. The van der Waals surface area contributed by atoms with Crippen LogP contribution in [0.15, 0.2) is 65.3 Å². The zero-order chi connectivity index (χ0) is 15.5. The molecule has 0 radical (unpaired) electrons. The van der Waals surface area contributed by atoms with E-state index in [2.05, 4.69) is 5.16 Å². The molecule has 0 spiro atoms. The Balaban J connectivity index is 2.09. The Labute approximate surface area is 125 Å². The number of carbonyl (C=O) groups excluding carboxylic acids is 1. The van der Waals surface area contributed by atoms with Gasteiger partial charge in [0.15, 0.2) is 0 Å². The van der Waals surface area contributed by atoms with E-state index in [1.165, 1.54) is 12.1 Å². The summed E-state index contributed by atoms with van der Waals surface area (Å²) in [5.74, 6) is -0.628. The highest BCUT2D eigenvalue weighted by atomic mass is 16.7. The summed E-state index contributed by atoms with van der Waals surface area (Å²) in [6.07, 6.45) is 1.60. The number of nitro groups is 1. The van der Waals surface area contributed by atoms with Gasteiger partial charge in [0.1, 0.15) is 5.71 Å². The Hall–Kier alpha value is -3.28. The highest BCUT2D eigenvalue weighted by Crippen LogP contribution is 2.26. The van der Waals surface area contributed by atoms with Gasteiger partial charge in [0.2, 0.25) is 0 Å². The minimum atomic E-state index is -0.628. The van der Waals surface area contributed by atoms with E-state index < -0.39 is 10.9 Å². The quantitative estimate of drug-likeness (QED) is 0.377. The number of nitro benzene ring substituents is 1. The molecule has 6 heteroatoms. The second-order valence-electron chi connectivity index (χ2n) is 4.56. The molecule has 0 amide bonds. The lowest BCUT2D eigenvalue weighted by Crippen LogP contribution is -2.09. The Morgan fingerprint density at radius 3 is 2.45 bits per heavy atom. The number of hydrogen-bond donors (Lipinski definition) is 0. The van der Waals surface area contributed by atoms with Crippen molar-refractivity contribution in [3.05, 3.63) is 81.4 Å². The first-order chi connectivity index (χ1) is 10.7. The maximum absolute atomic E-state index is 11.9. The molecule has 0 saturated carbocycles. The van der Waals surface area contributed by atoms with Crippen LogP contribution >= 0.6 is 0 Å². The predicted molar refractivity (Wildman–Crippen MR) is 80.1 cm³/mol. The highest BCUT2D eigenvalue weighted by molar-refractivity contribution is 6.32. The van der Waals surface area contributed by atoms with Crippen LogP contribution in [-0.2, 0) is 9.63 Å². The van der Waals surface area contributed by atoms with Crippen molar-refractivity contribution in [1.29, 1.82) is 0 Å². The zero-order valence-electron chi connectivity index (χ0n) is 11.3. The van der Waals surface area contributed by atoms with Crippen LogP contribution in [0.4, 0.5) is 5.69 Å². The molecule has 1 aliphatic rings. The van der Waals surface area contributed by atoms with Gasteiger partial charge >= 0.3 is 5.97 Å². The van der Waals surface area contributed by atoms with Gasteiger partial charge in [0.05, 0.1) is 16.1 Å². The fourth-order valence-electron chi connectivity index (χ4n) is 2.15. The second kappa shape index (κ2) is 5.61. The number of nitrogens with zero attached hydrogens (tertiary/aromatic N) is 2. The minimum Gasteiger partial charge on any atom is -0.312 e. The second-order valence-corrected chi connectivity index (χ2v) is 4.56. The Kier molecular flexibility index (Phi) is 3.49. The van der Waals surface area contributed by atoms with Gasteiger partial charge in [-0.05, 0) is 17.7 Å². The summed E-state index contributed by atoms with van der Waals surface area (Å²) in [7, 11) is 0. The van der Waals surface area contributed by atoms with Crippen LogP contribution in [0.2, 0.25) is 0 Å². The van der Waals surface area contributed by atoms with Gasteiger partial charge in [-0.15, -0.1) is 0 Å². The molecule has 0 aromatic heterocycles. The topological polar surface area (TPSA) is 81.8 Å². The monoisotopic (exact) mass is 294 g/mol. The summed E-state index contributed by atoms with van der Waals surface area (Å²) in [5.41, 5.74) is 1.27. The van der Waals surface area contributed by atoms with Gasteiger partial charge in [-0.1, -0.05) is 47.6 Å². The molecule has 108 valence electrons. The molecule has 6 nitrogen and oxygen atoms in total. The van der Waals surface area contributed by atoms with Crippen molar-refractivity contribution < 1.29 is 14.6 Å². The number of hydrogen-bond acceptors (Lipinski definition) is 5. The van der Waals surface area contributed by atoms with E-state index in [-0.39, 0.29) is 22.5 Å². The normalized spacial score (nSPS) is 15.5. The molecule has 2 aromatic rings. The number of benzene rings is 2. The van der Waals surface area contributed by atoms with Crippen LogP contribution < -0.4 is 0 Å². The third kappa shape index (κ3) is 2.49. The third-order valence-corrected chi connectivity index (χ3v) is 3.16. The van der Waals surface area contributed by atoms with Gasteiger partial charge in [-0.25, -0.2) is 4.79 Å². The molecule has 3 rings (SSSR count). The first-order valence-electron chi connectivity index (χ1n) is 6.47. The summed E-state index contributed by atoms with van der Waals surface area (Å²) in [5, 5.41) is 14.8. The van der Waals surface area contributed by atoms with E-state index in [9.17, 15) is 14.9 Å². The molecular formula is C16H10N2O4. The lowest BCUT2D eigenvalue weighted by molar-refractivity contribution is -0.385. The van der Waals surface area contributed by atoms with Gasteiger partial charge in [0, 0.05) is 6.07 Å². The summed E-state index contributed by atoms with van der Waals surface area (Å²) < 4.78 is 0. The Bertz CT molecular complexity index is 810. The van der Waals surface area contributed by atoms with Crippen LogP contribution in [0.3, 0.4) is 0 Å². The van der Waals surface area contributed by atoms with Crippen molar-refractivity contribution in [2.75, 3.05) is 0 Å². The van der Waals surface area contributed by atoms with Gasteiger partial charge in [-0.2, -0.15) is 0 Å². The fraction of sp³-hybridized carbons (Fsp3) is 0. The number of para-hydroxylation sites is 1. The summed E-state index contributed by atoms with van der Waals surface area (Å²) >= 11 is 0. The molecule has 1 heterocycles.